The molecule has 4 aromatic rings. The summed E-state index contributed by atoms with van der Waals surface area (Å²) in [5.74, 6) is -0.271. The molecule has 0 unspecified atom stereocenters. The fourth-order valence-corrected chi connectivity index (χ4v) is 3.76. The summed E-state index contributed by atoms with van der Waals surface area (Å²) in [6.07, 6.45) is 1.69. The van der Waals surface area contributed by atoms with Gasteiger partial charge in [0.15, 0.2) is 0 Å². The van der Waals surface area contributed by atoms with Crippen LogP contribution in [0.15, 0.2) is 109 Å². The van der Waals surface area contributed by atoms with Crippen molar-refractivity contribution in [2.45, 2.75) is 13.0 Å². The largest absolute Gasteiger partial charge is 0.341 e. The molecule has 4 rings (SSSR count). The van der Waals surface area contributed by atoms with E-state index >= 15 is 0 Å². The first-order valence-electron chi connectivity index (χ1n) is 11.0. The summed E-state index contributed by atoms with van der Waals surface area (Å²) in [4.78, 5) is 24.5. The van der Waals surface area contributed by atoms with E-state index in [0.717, 1.165) is 22.3 Å². The van der Waals surface area contributed by atoms with Crippen LogP contribution in [0.4, 0.5) is 5.69 Å². The molecule has 0 aliphatic rings. The van der Waals surface area contributed by atoms with Crippen molar-refractivity contribution in [1.82, 2.24) is 5.32 Å². The van der Waals surface area contributed by atoms with E-state index < -0.39 is 4.92 Å². The number of carbonyl (C=O) groups is 1. The molecule has 5 heteroatoms. The molecule has 0 bridgehead atoms. The summed E-state index contributed by atoms with van der Waals surface area (Å²) >= 11 is 0. The number of nitro groups is 1. The van der Waals surface area contributed by atoms with Gasteiger partial charge < -0.3 is 5.32 Å². The fourth-order valence-electron chi connectivity index (χ4n) is 3.76. The minimum Gasteiger partial charge on any atom is -0.341 e. The maximum Gasteiger partial charge on any atom is 0.270 e. The van der Waals surface area contributed by atoms with Crippen LogP contribution >= 0.6 is 0 Å². The van der Waals surface area contributed by atoms with E-state index in [0.29, 0.717) is 11.1 Å². The Kier molecular flexibility index (Phi) is 6.94. The summed E-state index contributed by atoms with van der Waals surface area (Å²) < 4.78 is 0. The van der Waals surface area contributed by atoms with Gasteiger partial charge in [-0.3, -0.25) is 14.9 Å². The maximum atomic E-state index is 13.7. The van der Waals surface area contributed by atoms with Gasteiger partial charge in [0.25, 0.3) is 11.6 Å². The Morgan fingerprint density at radius 2 is 1.44 bits per heavy atom. The van der Waals surface area contributed by atoms with Crippen LogP contribution in [0.2, 0.25) is 0 Å². The molecule has 0 saturated carbocycles. The van der Waals surface area contributed by atoms with Crippen LogP contribution in [0.25, 0.3) is 11.6 Å². The van der Waals surface area contributed by atoms with Crippen LogP contribution in [0, 0.1) is 17.0 Å². The Morgan fingerprint density at radius 3 is 2.09 bits per heavy atom. The van der Waals surface area contributed by atoms with Crippen molar-refractivity contribution in [3.05, 3.63) is 147 Å². The first-order chi connectivity index (χ1) is 16.5. The lowest BCUT2D eigenvalue weighted by atomic mass is 9.96. The summed E-state index contributed by atoms with van der Waals surface area (Å²) in [5.41, 5.74) is 4.77. The molecular weight excluding hydrogens is 424 g/mol. The minimum absolute atomic E-state index is 0.0246. The van der Waals surface area contributed by atoms with Gasteiger partial charge in [0.05, 0.1) is 11.0 Å². The van der Waals surface area contributed by atoms with Gasteiger partial charge in [0.2, 0.25) is 0 Å². The van der Waals surface area contributed by atoms with Crippen LogP contribution in [0.3, 0.4) is 0 Å². The number of hydrogen-bond acceptors (Lipinski definition) is 3. The van der Waals surface area contributed by atoms with E-state index in [9.17, 15) is 14.9 Å². The second-order valence-corrected chi connectivity index (χ2v) is 8.00. The van der Waals surface area contributed by atoms with Crippen LogP contribution in [0.5, 0.6) is 0 Å². The maximum absolute atomic E-state index is 13.7. The number of hydrogen-bond donors (Lipinski definition) is 1. The number of benzene rings is 4. The normalized spacial score (nSPS) is 12.1. The molecule has 0 saturated heterocycles. The van der Waals surface area contributed by atoms with E-state index in [2.05, 4.69) is 5.32 Å². The number of aryl methyl sites for hydroxylation is 1. The Balaban J connectivity index is 1.75. The molecule has 0 aromatic heterocycles. The van der Waals surface area contributed by atoms with Gasteiger partial charge in [-0.1, -0.05) is 103 Å². The topological polar surface area (TPSA) is 72.2 Å². The molecule has 0 fully saturated rings. The molecule has 0 aliphatic carbocycles. The highest BCUT2D eigenvalue weighted by molar-refractivity contribution is 6.24. The molecule has 0 aliphatic heterocycles. The first-order valence-corrected chi connectivity index (χ1v) is 11.0. The third-order valence-corrected chi connectivity index (χ3v) is 5.54. The van der Waals surface area contributed by atoms with Crippen molar-refractivity contribution in [2.75, 3.05) is 0 Å². The molecule has 1 N–H and O–H groups in total. The second-order valence-electron chi connectivity index (χ2n) is 8.00. The minimum atomic E-state index is -0.442. The highest BCUT2D eigenvalue weighted by atomic mass is 16.6. The van der Waals surface area contributed by atoms with Gasteiger partial charge >= 0.3 is 0 Å². The van der Waals surface area contributed by atoms with Crippen molar-refractivity contribution in [3.63, 3.8) is 0 Å². The number of nitro benzene ring substituents is 1. The van der Waals surface area contributed by atoms with E-state index in [1.807, 2.05) is 91.9 Å². The Bertz CT molecular complexity index is 1310. The Morgan fingerprint density at radius 1 is 0.824 bits per heavy atom. The summed E-state index contributed by atoms with van der Waals surface area (Å²) in [6, 6.07) is 33.1. The van der Waals surface area contributed by atoms with Gasteiger partial charge in [-0.15, -0.1) is 0 Å². The third-order valence-electron chi connectivity index (χ3n) is 5.54. The molecule has 5 nitrogen and oxygen atoms in total. The molecule has 1 amide bonds. The summed E-state index contributed by atoms with van der Waals surface area (Å²) in [6.45, 7) is 2.02. The van der Waals surface area contributed by atoms with Crippen molar-refractivity contribution in [3.8, 4) is 0 Å². The molecule has 34 heavy (non-hydrogen) atoms. The zero-order chi connectivity index (χ0) is 23.9. The van der Waals surface area contributed by atoms with E-state index in [1.54, 1.807) is 18.2 Å². The average molecular weight is 449 g/mol. The van der Waals surface area contributed by atoms with Crippen LogP contribution in [0.1, 0.15) is 33.9 Å². The van der Waals surface area contributed by atoms with Crippen LogP contribution in [-0.4, -0.2) is 10.8 Å². The zero-order valence-corrected chi connectivity index (χ0v) is 18.7. The van der Waals surface area contributed by atoms with Crippen molar-refractivity contribution in [1.29, 1.82) is 0 Å². The fraction of sp³-hybridized carbons (Fsp3) is 0.0690. The van der Waals surface area contributed by atoms with Gasteiger partial charge in [-0.05, 0) is 35.3 Å². The smallest absolute Gasteiger partial charge is 0.270 e. The highest BCUT2D eigenvalue weighted by Gasteiger charge is 2.20. The van der Waals surface area contributed by atoms with Crippen molar-refractivity contribution < 1.29 is 9.72 Å². The standard InChI is InChI=1S/C29H24N2O3/c1-21-15-17-25(18-16-21)28(24-12-6-3-7-13-24)30-29(32)27(23-10-4-2-5-11-23)20-22-9-8-14-26(19-22)31(33)34/h2-20,28H,1H3,(H,30,32)/b27-20+/t28-/m0/s1. The molecule has 0 heterocycles. The monoisotopic (exact) mass is 448 g/mol. The lowest BCUT2D eigenvalue weighted by Gasteiger charge is -2.21. The lowest BCUT2D eigenvalue weighted by molar-refractivity contribution is -0.384. The molecule has 168 valence electrons. The molecule has 4 aromatic carbocycles. The number of non-ortho nitro benzene ring substituents is 1. The highest BCUT2D eigenvalue weighted by Crippen LogP contribution is 2.26. The van der Waals surface area contributed by atoms with Crippen molar-refractivity contribution in [2.24, 2.45) is 0 Å². The summed E-state index contributed by atoms with van der Waals surface area (Å²) in [5, 5.41) is 14.4. The number of rotatable bonds is 7. The zero-order valence-electron chi connectivity index (χ0n) is 18.7. The Hall–Kier alpha value is -4.51. The predicted octanol–water partition coefficient (Wildman–Crippen LogP) is 6.35. The first kappa shape index (κ1) is 22.7. The number of nitrogens with zero attached hydrogens (tertiary/aromatic N) is 1. The van der Waals surface area contributed by atoms with E-state index in [1.165, 1.54) is 12.1 Å². The molecule has 0 radical (unpaired) electrons. The second kappa shape index (κ2) is 10.4. The molecule has 1 atom stereocenters. The van der Waals surface area contributed by atoms with E-state index in [-0.39, 0.29) is 17.6 Å². The van der Waals surface area contributed by atoms with Gasteiger partial charge in [-0.25, -0.2) is 0 Å². The SMILES string of the molecule is Cc1ccc([C@@H](NC(=O)/C(=C/c2cccc([N+](=O)[O-])c2)c2ccccc2)c2ccccc2)cc1. The quantitative estimate of drug-likeness (QED) is 0.155. The van der Waals surface area contributed by atoms with E-state index in [4.69, 9.17) is 0 Å². The third kappa shape index (κ3) is 5.45. The predicted molar refractivity (Wildman–Crippen MR) is 135 cm³/mol. The van der Waals surface area contributed by atoms with Crippen LogP contribution < -0.4 is 5.32 Å². The Labute approximate surface area is 198 Å². The molecular formula is C29H24N2O3. The molecule has 0 spiro atoms. The average Bonchev–Trinajstić information content (AvgIpc) is 2.87. The lowest BCUT2D eigenvalue weighted by Crippen LogP contribution is -2.30. The van der Waals surface area contributed by atoms with Gasteiger partial charge in [0.1, 0.15) is 0 Å². The van der Waals surface area contributed by atoms with Gasteiger partial charge in [-0.2, -0.15) is 0 Å². The number of carbonyl (C=O) groups excluding carboxylic acids is 1. The van der Waals surface area contributed by atoms with Crippen LogP contribution in [-0.2, 0) is 4.79 Å². The number of nitrogens with one attached hydrogen (secondary N) is 1. The van der Waals surface area contributed by atoms with Gasteiger partial charge in [0, 0.05) is 17.7 Å². The number of amides is 1. The van der Waals surface area contributed by atoms with Crippen molar-refractivity contribution >= 4 is 23.2 Å². The summed E-state index contributed by atoms with van der Waals surface area (Å²) in [7, 11) is 0.